The van der Waals surface area contributed by atoms with Crippen LogP contribution < -0.4 is 0 Å². The molecule has 0 spiro atoms. The van der Waals surface area contributed by atoms with Gasteiger partial charge in [-0.25, -0.2) is 9.97 Å². The molecule has 37 heavy (non-hydrogen) atoms. The minimum Gasteiger partial charge on any atom is -0.380 e. The number of benzene rings is 1. The molecule has 0 amide bonds. The number of aliphatic hydroxyl groups is 1. The van der Waals surface area contributed by atoms with E-state index in [1.54, 1.807) is 0 Å². The minimum atomic E-state index is -1.17. The molecule has 0 aliphatic carbocycles. The fraction of sp³-hybridized carbons (Fsp3) is 0.387. The van der Waals surface area contributed by atoms with Crippen LogP contribution in [-0.4, -0.2) is 49.7 Å². The molecule has 1 saturated heterocycles. The van der Waals surface area contributed by atoms with Gasteiger partial charge >= 0.3 is 0 Å². The Morgan fingerprint density at radius 1 is 0.946 bits per heavy atom. The van der Waals surface area contributed by atoms with Crippen molar-refractivity contribution in [3.63, 3.8) is 0 Å². The van der Waals surface area contributed by atoms with Gasteiger partial charge in [-0.2, -0.15) is 0 Å². The summed E-state index contributed by atoms with van der Waals surface area (Å²) in [6.45, 7) is 12.4. The van der Waals surface area contributed by atoms with Crippen LogP contribution in [0.25, 0.3) is 16.9 Å². The van der Waals surface area contributed by atoms with Gasteiger partial charge in [0, 0.05) is 60.3 Å². The van der Waals surface area contributed by atoms with E-state index >= 15 is 0 Å². The second-order valence-electron chi connectivity index (χ2n) is 11.4. The molecule has 6 nitrogen and oxygen atoms in total. The summed E-state index contributed by atoms with van der Waals surface area (Å²) in [5, 5.41) is 12.5. The van der Waals surface area contributed by atoms with E-state index in [-0.39, 0.29) is 11.3 Å². The van der Waals surface area contributed by atoms with E-state index in [0.29, 0.717) is 5.92 Å². The maximum Gasteiger partial charge on any atom is 0.131 e. The van der Waals surface area contributed by atoms with Crippen molar-refractivity contribution in [2.45, 2.75) is 52.1 Å². The standard InChI is InChI=1S/C31H37N5O/c1-21(2)23-7-9-25(10-8-23)31(37,30(5)19-35(6)20-30)26-15-27(17-32-16-26)36-14-12-24(18-36)28-11-13-33-29(34-28)22(3)4/h7-18,21-22,37H,19-20H2,1-6H3/t31-/m0/s1. The summed E-state index contributed by atoms with van der Waals surface area (Å²) in [5.74, 6) is 1.54. The third kappa shape index (κ3) is 4.49. The lowest BCUT2D eigenvalue weighted by molar-refractivity contribution is -0.127. The van der Waals surface area contributed by atoms with Gasteiger partial charge in [-0.1, -0.05) is 58.9 Å². The molecule has 1 aliphatic rings. The van der Waals surface area contributed by atoms with Crippen molar-refractivity contribution < 1.29 is 5.11 Å². The van der Waals surface area contributed by atoms with E-state index in [0.717, 1.165) is 47.0 Å². The Kier molecular flexibility index (Phi) is 6.50. The SMILES string of the molecule is CC(C)c1ccc([C@](O)(c2cncc(-n3ccc(-c4ccnc(C(C)C)n4)c3)c2)C2(C)CN(C)C2)cc1. The van der Waals surface area contributed by atoms with Crippen LogP contribution >= 0.6 is 0 Å². The highest BCUT2D eigenvalue weighted by atomic mass is 16.3. The number of rotatable bonds is 7. The molecule has 1 aliphatic heterocycles. The summed E-state index contributed by atoms with van der Waals surface area (Å²) in [4.78, 5) is 16.0. The van der Waals surface area contributed by atoms with Gasteiger partial charge in [0.05, 0.1) is 17.6 Å². The van der Waals surface area contributed by atoms with Crippen molar-refractivity contribution in [2.24, 2.45) is 5.41 Å². The molecular weight excluding hydrogens is 458 g/mol. The molecule has 1 aromatic carbocycles. The summed E-state index contributed by atoms with van der Waals surface area (Å²) in [7, 11) is 2.10. The van der Waals surface area contributed by atoms with Gasteiger partial charge in [0.25, 0.3) is 0 Å². The average molecular weight is 496 g/mol. The first-order valence-electron chi connectivity index (χ1n) is 13.1. The molecule has 6 heteroatoms. The fourth-order valence-electron chi connectivity index (χ4n) is 5.64. The van der Waals surface area contributed by atoms with E-state index in [4.69, 9.17) is 4.98 Å². The highest BCUT2D eigenvalue weighted by Crippen LogP contribution is 2.50. The predicted molar refractivity (Wildman–Crippen MR) is 148 cm³/mol. The lowest BCUT2D eigenvalue weighted by Crippen LogP contribution is -2.63. The normalized spacial score (nSPS) is 17.1. The monoisotopic (exact) mass is 495 g/mol. The molecule has 192 valence electrons. The number of aromatic nitrogens is 4. The molecule has 1 atom stereocenters. The van der Waals surface area contributed by atoms with Crippen LogP contribution in [-0.2, 0) is 5.60 Å². The maximum absolute atomic E-state index is 12.5. The van der Waals surface area contributed by atoms with Crippen molar-refractivity contribution in [1.29, 1.82) is 0 Å². The highest BCUT2D eigenvalue weighted by molar-refractivity contribution is 5.59. The van der Waals surface area contributed by atoms with E-state index in [2.05, 4.69) is 99.1 Å². The number of hydrogen-bond donors (Lipinski definition) is 1. The van der Waals surface area contributed by atoms with Crippen LogP contribution in [0.2, 0.25) is 0 Å². The first kappa shape index (κ1) is 25.3. The zero-order chi connectivity index (χ0) is 26.4. The largest absolute Gasteiger partial charge is 0.380 e. The summed E-state index contributed by atoms with van der Waals surface area (Å²) in [6.07, 6.45) is 9.54. The van der Waals surface area contributed by atoms with Crippen LogP contribution in [0.1, 0.15) is 69.0 Å². The van der Waals surface area contributed by atoms with Crippen molar-refractivity contribution in [3.8, 4) is 16.9 Å². The molecular formula is C31H37N5O. The number of hydrogen-bond acceptors (Lipinski definition) is 5. The fourth-order valence-corrected chi connectivity index (χ4v) is 5.64. The van der Waals surface area contributed by atoms with E-state index in [1.807, 2.05) is 35.4 Å². The van der Waals surface area contributed by atoms with Crippen LogP contribution in [0, 0.1) is 5.41 Å². The van der Waals surface area contributed by atoms with E-state index < -0.39 is 5.60 Å². The maximum atomic E-state index is 12.5. The Morgan fingerprint density at radius 2 is 1.68 bits per heavy atom. The van der Waals surface area contributed by atoms with Crippen LogP contribution in [0.15, 0.2) is 73.4 Å². The van der Waals surface area contributed by atoms with Crippen LogP contribution in [0.5, 0.6) is 0 Å². The van der Waals surface area contributed by atoms with Gasteiger partial charge in [-0.15, -0.1) is 0 Å². The molecule has 0 bridgehead atoms. The van der Waals surface area contributed by atoms with Gasteiger partial charge in [0.15, 0.2) is 0 Å². The Labute approximate surface area is 220 Å². The molecule has 1 fully saturated rings. The summed E-state index contributed by atoms with van der Waals surface area (Å²) in [5.41, 5.74) is 4.27. The molecule has 3 aromatic heterocycles. The first-order valence-corrected chi connectivity index (χ1v) is 13.1. The van der Waals surface area contributed by atoms with Gasteiger partial charge < -0.3 is 14.6 Å². The Hall–Kier alpha value is -3.35. The van der Waals surface area contributed by atoms with E-state index in [1.165, 1.54) is 5.56 Å². The van der Waals surface area contributed by atoms with Crippen molar-refractivity contribution in [2.75, 3.05) is 20.1 Å². The number of likely N-dealkylation sites (tertiary alicyclic amines) is 1. The molecule has 0 saturated carbocycles. The van der Waals surface area contributed by atoms with E-state index in [9.17, 15) is 5.11 Å². The number of nitrogens with zero attached hydrogens (tertiary/aromatic N) is 5. The van der Waals surface area contributed by atoms with Crippen molar-refractivity contribution in [1.82, 2.24) is 24.4 Å². The molecule has 1 N–H and O–H groups in total. The first-order chi connectivity index (χ1) is 17.6. The smallest absolute Gasteiger partial charge is 0.131 e. The lowest BCUT2D eigenvalue weighted by atomic mass is 9.62. The van der Waals surface area contributed by atoms with Crippen LogP contribution in [0.4, 0.5) is 0 Å². The zero-order valence-electron chi connectivity index (χ0n) is 22.7. The van der Waals surface area contributed by atoms with Crippen molar-refractivity contribution in [3.05, 3.63) is 96.0 Å². The van der Waals surface area contributed by atoms with Gasteiger partial charge in [-0.3, -0.25) is 4.98 Å². The van der Waals surface area contributed by atoms with Gasteiger partial charge in [0.2, 0.25) is 0 Å². The summed E-state index contributed by atoms with van der Waals surface area (Å²) < 4.78 is 2.04. The second kappa shape index (κ2) is 9.51. The average Bonchev–Trinajstić information content (AvgIpc) is 3.38. The van der Waals surface area contributed by atoms with Gasteiger partial charge in [0.1, 0.15) is 11.4 Å². The minimum absolute atomic E-state index is 0.266. The molecule has 5 rings (SSSR count). The molecule has 4 aromatic rings. The molecule has 0 radical (unpaired) electrons. The summed E-state index contributed by atoms with van der Waals surface area (Å²) >= 11 is 0. The topological polar surface area (TPSA) is 67.1 Å². The Morgan fingerprint density at radius 3 is 2.32 bits per heavy atom. The Balaban J connectivity index is 1.54. The zero-order valence-corrected chi connectivity index (χ0v) is 22.7. The Bertz CT molecular complexity index is 1380. The second-order valence-corrected chi connectivity index (χ2v) is 11.4. The highest BCUT2D eigenvalue weighted by Gasteiger charge is 2.55. The van der Waals surface area contributed by atoms with Crippen molar-refractivity contribution >= 4 is 0 Å². The van der Waals surface area contributed by atoms with Crippen LogP contribution in [0.3, 0.4) is 0 Å². The molecule has 0 unspecified atom stereocenters. The summed E-state index contributed by atoms with van der Waals surface area (Å²) in [6, 6.07) is 14.5. The number of pyridine rings is 1. The van der Waals surface area contributed by atoms with Gasteiger partial charge in [-0.05, 0) is 42.3 Å². The third-order valence-corrected chi connectivity index (χ3v) is 7.73. The quantitative estimate of drug-likeness (QED) is 0.353. The third-order valence-electron chi connectivity index (χ3n) is 7.73. The lowest BCUT2D eigenvalue weighted by Gasteiger charge is -2.55. The molecule has 4 heterocycles. The predicted octanol–water partition coefficient (Wildman–Crippen LogP) is 5.76.